The average molecular weight is 409 g/mol. The number of rotatable bonds is 8. The molecule has 0 aliphatic carbocycles. The van der Waals surface area contributed by atoms with E-state index >= 15 is 0 Å². The molecule has 30 heavy (non-hydrogen) atoms. The summed E-state index contributed by atoms with van der Waals surface area (Å²) in [4.78, 5) is 38.3. The lowest BCUT2D eigenvalue weighted by Gasteiger charge is -2.29. The van der Waals surface area contributed by atoms with Gasteiger partial charge in [0.15, 0.2) is 6.61 Å². The molecule has 1 aliphatic rings. The van der Waals surface area contributed by atoms with Crippen LogP contribution in [-0.4, -0.2) is 36.9 Å². The molecule has 0 saturated heterocycles. The highest BCUT2D eigenvalue weighted by atomic mass is 16.5. The van der Waals surface area contributed by atoms with Gasteiger partial charge in [0.05, 0.1) is 5.69 Å². The maximum Gasteiger partial charge on any atom is 0.265 e. The third-order valence-electron chi connectivity index (χ3n) is 5.04. The summed E-state index contributed by atoms with van der Waals surface area (Å²) >= 11 is 0. The van der Waals surface area contributed by atoms with E-state index in [0.717, 1.165) is 12.0 Å². The van der Waals surface area contributed by atoms with Crippen molar-refractivity contribution in [2.75, 3.05) is 18.1 Å². The molecule has 1 aliphatic heterocycles. The Labute approximate surface area is 176 Å². The van der Waals surface area contributed by atoms with Gasteiger partial charge >= 0.3 is 0 Å². The van der Waals surface area contributed by atoms with Gasteiger partial charge in [0.1, 0.15) is 5.75 Å². The molecule has 0 saturated carbocycles. The summed E-state index contributed by atoms with van der Waals surface area (Å²) in [6.45, 7) is 4.54. The summed E-state index contributed by atoms with van der Waals surface area (Å²) in [5, 5.41) is 5.79. The molecule has 2 N–H and O–H groups in total. The molecule has 3 amide bonds. The van der Waals surface area contributed by atoms with Crippen molar-refractivity contribution in [1.82, 2.24) is 10.6 Å². The number of ether oxygens (including phenoxy) is 1. The van der Waals surface area contributed by atoms with Crippen LogP contribution in [0.2, 0.25) is 0 Å². The van der Waals surface area contributed by atoms with Crippen LogP contribution >= 0.6 is 0 Å². The summed E-state index contributed by atoms with van der Waals surface area (Å²) in [7, 11) is 0. The van der Waals surface area contributed by atoms with Crippen molar-refractivity contribution in [3.63, 3.8) is 0 Å². The monoisotopic (exact) mass is 409 g/mol. The van der Waals surface area contributed by atoms with Gasteiger partial charge in [-0.3, -0.25) is 14.4 Å². The molecule has 7 heteroatoms. The van der Waals surface area contributed by atoms with Crippen molar-refractivity contribution in [3.05, 3.63) is 59.7 Å². The van der Waals surface area contributed by atoms with Crippen molar-refractivity contribution in [2.24, 2.45) is 0 Å². The Morgan fingerprint density at radius 1 is 1.17 bits per heavy atom. The molecule has 0 radical (unpaired) electrons. The topological polar surface area (TPSA) is 87.7 Å². The Morgan fingerprint density at radius 3 is 2.77 bits per heavy atom. The number of carbonyl (C=O) groups excluding carboxylic acids is 3. The van der Waals surface area contributed by atoms with Crippen LogP contribution in [0.15, 0.2) is 48.5 Å². The zero-order valence-corrected chi connectivity index (χ0v) is 17.3. The molecule has 2 aromatic carbocycles. The minimum Gasteiger partial charge on any atom is -0.482 e. The third-order valence-corrected chi connectivity index (χ3v) is 5.04. The molecule has 3 rings (SSSR count). The van der Waals surface area contributed by atoms with Crippen molar-refractivity contribution in [3.8, 4) is 5.75 Å². The SMILES string of the molecule is CCC(C)NC(=O)c1cccc(CNC(=O)CCN2C(=O)COc3ccccc32)c1. The number of anilines is 1. The van der Waals surface area contributed by atoms with Crippen LogP contribution in [0.1, 0.15) is 42.6 Å². The number of benzene rings is 2. The number of amides is 3. The van der Waals surface area contributed by atoms with E-state index < -0.39 is 0 Å². The van der Waals surface area contributed by atoms with E-state index in [0.29, 0.717) is 23.5 Å². The number of hydrogen-bond donors (Lipinski definition) is 2. The van der Waals surface area contributed by atoms with Gasteiger partial charge in [0.25, 0.3) is 11.8 Å². The fraction of sp³-hybridized carbons (Fsp3) is 0.348. The molecule has 7 nitrogen and oxygen atoms in total. The highest BCUT2D eigenvalue weighted by Crippen LogP contribution is 2.31. The van der Waals surface area contributed by atoms with Gasteiger partial charge in [-0.25, -0.2) is 0 Å². The Morgan fingerprint density at radius 2 is 1.97 bits per heavy atom. The van der Waals surface area contributed by atoms with Crippen molar-refractivity contribution >= 4 is 23.4 Å². The van der Waals surface area contributed by atoms with E-state index in [1.165, 1.54) is 0 Å². The standard InChI is InChI=1S/C23H27N3O4/c1-3-16(2)25-23(29)18-8-6-7-17(13-18)14-24-21(27)11-12-26-19-9-4-5-10-20(19)30-15-22(26)28/h4-10,13,16H,3,11-12,14-15H2,1-2H3,(H,24,27)(H,25,29). The summed E-state index contributed by atoms with van der Waals surface area (Å²) in [5.74, 6) is 0.190. The zero-order valence-electron chi connectivity index (χ0n) is 17.3. The fourth-order valence-corrected chi connectivity index (χ4v) is 3.13. The second-order valence-electron chi connectivity index (χ2n) is 7.31. The van der Waals surface area contributed by atoms with Gasteiger partial charge in [0.2, 0.25) is 5.91 Å². The average Bonchev–Trinajstić information content (AvgIpc) is 2.77. The lowest BCUT2D eigenvalue weighted by molar-refractivity contribution is -0.122. The van der Waals surface area contributed by atoms with E-state index in [4.69, 9.17) is 4.74 Å². The smallest absolute Gasteiger partial charge is 0.265 e. The van der Waals surface area contributed by atoms with E-state index in [9.17, 15) is 14.4 Å². The summed E-state index contributed by atoms with van der Waals surface area (Å²) in [5.41, 5.74) is 2.09. The van der Waals surface area contributed by atoms with Crippen LogP contribution in [0.5, 0.6) is 5.75 Å². The first kappa shape index (κ1) is 21.4. The van der Waals surface area contributed by atoms with Crippen molar-refractivity contribution in [1.29, 1.82) is 0 Å². The van der Waals surface area contributed by atoms with Crippen LogP contribution in [-0.2, 0) is 16.1 Å². The third kappa shape index (κ3) is 5.37. The van der Waals surface area contributed by atoms with Gasteiger partial charge in [-0.1, -0.05) is 31.2 Å². The molecular formula is C23H27N3O4. The maximum atomic E-state index is 12.3. The first-order valence-electron chi connectivity index (χ1n) is 10.2. The fourth-order valence-electron chi connectivity index (χ4n) is 3.13. The molecule has 1 heterocycles. The quantitative estimate of drug-likeness (QED) is 0.702. The lowest BCUT2D eigenvalue weighted by Crippen LogP contribution is -2.41. The van der Waals surface area contributed by atoms with Crippen LogP contribution in [0, 0.1) is 0 Å². The van der Waals surface area contributed by atoms with Gasteiger partial charge in [-0.05, 0) is 43.2 Å². The van der Waals surface area contributed by atoms with Crippen molar-refractivity contribution in [2.45, 2.75) is 39.3 Å². The van der Waals surface area contributed by atoms with E-state index in [1.54, 1.807) is 35.2 Å². The first-order chi connectivity index (χ1) is 14.5. The summed E-state index contributed by atoms with van der Waals surface area (Å²) in [6.07, 6.45) is 1.03. The molecular weight excluding hydrogens is 382 g/mol. The second kappa shape index (κ2) is 9.91. The van der Waals surface area contributed by atoms with Crippen LogP contribution in [0.4, 0.5) is 5.69 Å². The highest BCUT2D eigenvalue weighted by molar-refractivity contribution is 5.98. The number of para-hydroxylation sites is 2. The number of hydrogen-bond acceptors (Lipinski definition) is 4. The van der Waals surface area contributed by atoms with Crippen LogP contribution < -0.4 is 20.3 Å². The Hall–Kier alpha value is -3.35. The first-order valence-corrected chi connectivity index (χ1v) is 10.2. The predicted molar refractivity (Wildman–Crippen MR) is 114 cm³/mol. The Bertz CT molecular complexity index is 928. The number of nitrogens with one attached hydrogen (secondary N) is 2. The summed E-state index contributed by atoms with van der Waals surface area (Å²) in [6, 6.07) is 14.6. The van der Waals surface area contributed by atoms with Gasteiger partial charge in [-0.15, -0.1) is 0 Å². The van der Waals surface area contributed by atoms with Gasteiger partial charge < -0.3 is 20.3 Å². The normalized spacial score (nSPS) is 13.8. The minimum atomic E-state index is -0.166. The maximum absolute atomic E-state index is 12.3. The molecule has 0 aromatic heterocycles. The molecule has 0 spiro atoms. The number of fused-ring (bicyclic) bond motifs is 1. The van der Waals surface area contributed by atoms with Crippen LogP contribution in [0.3, 0.4) is 0 Å². The molecule has 1 unspecified atom stereocenters. The lowest BCUT2D eigenvalue weighted by atomic mass is 10.1. The minimum absolute atomic E-state index is 0.0237. The molecule has 158 valence electrons. The molecule has 1 atom stereocenters. The molecule has 2 aromatic rings. The Kier molecular flexibility index (Phi) is 7.06. The second-order valence-corrected chi connectivity index (χ2v) is 7.31. The Balaban J connectivity index is 1.52. The van der Waals surface area contributed by atoms with Crippen LogP contribution in [0.25, 0.3) is 0 Å². The molecule has 0 fully saturated rings. The van der Waals surface area contributed by atoms with E-state index in [1.807, 2.05) is 32.0 Å². The van der Waals surface area contributed by atoms with Gasteiger partial charge in [-0.2, -0.15) is 0 Å². The number of nitrogens with zero attached hydrogens (tertiary/aromatic N) is 1. The largest absolute Gasteiger partial charge is 0.482 e. The van der Waals surface area contributed by atoms with Gasteiger partial charge in [0, 0.05) is 31.1 Å². The van der Waals surface area contributed by atoms with E-state index in [2.05, 4.69) is 10.6 Å². The predicted octanol–water partition coefficient (Wildman–Crippen LogP) is 2.65. The van der Waals surface area contributed by atoms with E-state index in [-0.39, 0.29) is 43.3 Å². The highest BCUT2D eigenvalue weighted by Gasteiger charge is 2.25. The zero-order chi connectivity index (χ0) is 21.5. The van der Waals surface area contributed by atoms with Crippen molar-refractivity contribution < 1.29 is 19.1 Å². The summed E-state index contributed by atoms with van der Waals surface area (Å²) < 4.78 is 5.42. The number of carbonyl (C=O) groups is 3. The molecule has 0 bridgehead atoms.